The largest absolute Gasteiger partial charge is 0.385 e. The standard InChI is InChI=1S/C34H50O/c1-24(2)11-9-12-25(3)30-18-19-31-28(15-10-20-32(30,31)5)22-33(35,21-27-13-7-6-8-14-27)34-23-29(34)17-16-26(34)4/h6-8,13-14,22,24-25,29-31,35H,4,9-12,15-21,23H2,1-3,5H3/b28-22+/t25-,29?,30-,31+,32-,33-,34?/m1/s1. The zero-order valence-corrected chi connectivity index (χ0v) is 23.0. The van der Waals surface area contributed by atoms with E-state index in [2.05, 4.69) is 70.7 Å². The van der Waals surface area contributed by atoms with E-state index in [0.29, 0.717) is 17.3 Å². The highest BCUT2D eigenvalue weighted by Gasteiger charge is 2.69. The molecular formula is C34H50O. The van der Waals surface area contributed by atoms with E-state index >= 15 is 0 Å². The summed E-state index contributed by atoms with van der Waals surface area (Å²) in [6.45, 7) is 14.4. The van der Waals surface area contributed by atoms with Gasteiger partial charge in [-0.1, -0.05) is 101 Å². The Morgan fingerprint density at radius 2 is 1.86 bits per heavy atom. The van der Waals surface area contributed by atoms with Crippen molar-refractivity contribution in [3.05, 3.63) is 59.7 Å². The lowest BCUT2D eigenvalue weighted by atomic mass is 9.60. The Kier molecular flexibility index (Phi) is 6.88. The summed E-state index contributed by atoms with van der Waals surface area (Å²) in [6, 6.07) is 10.7. The first-order valence-corrected chi connectivity index (χ1v) is 14.9. The first-order valence-electron chi connectivity index (χ1n) is 14.9. The molecule has 4 aliphatic carbocycles. The number of benzene rings is 1. The van der Waals surface area contributed by atoms with Crippen LogP contribution in [-0.2, 0) is 6.42 Å². The molecule has 1 aromatic carbocycles. The van der Waals surface area contributed by atoms with Gasteiger partial charge in [0.15, 0.2) is 0 Å². The second-order valence-corrected chi connectivity index (χ2v) is 13.7. The topological polar surface area (TPSA) is 20.2 Å². The molecule has 1 nitrogen and oxygen atoms in total. The van der Waals surface area contributed by atoms with E-state index in [9.17, 15) is 5.11 Å². The van der Waals surface area contributed by atoms with Crippen LogP contribution in [0, 0.1) is 40.4 Å². The van der Waals surface area contributed by atoms with Gasteiger partial charge in [0, 0.05) is 11.8 Å². The molecular weight excluding hydrogens is 424 g/mol. The molecule has 7 atom stereocenters. The zero-order valence-electron chi connectivity index (χ0n) is 23.0. The lowest BCUT2D eigenvalue weighted by Crippen LogP contribution is -2.43. The second-order valence-electron chi connectivity index (χ2n) is 13.7. The predicted octanol–water partition coefficient (Wildman–Crippen LogP) is 8.92. The minimum absolute atomic E-state index is 0.0775. The van der Waals surface area contributed by atoms with E-state index in [1.54, 1.807) is 5.57 Å². The van der Waals surface area contributed by atoms with Gasteiger partial charge in [-0.3, -0.25) is 0 Å². The van der Waals surface area contributed by atoms with Crippen molar-refractivity contribution in [2.75, 3.05) is 0 Å². The summed E-state index contributed by atoms with van der Waals surface area (Å²) in [5.74, 6) is 3.75. The third kappa shape index (κ3) is 4.39. The van der Waals surface area contributed by atoms with Crippen molar-refractivity contribution in [3.8, 4) is 0 Å². The van der Waals surface area contributed by atoms with Gasteiger partial charge in [-0.2, -0.15) is 0 Å². The number of fused-ring (bicyclic) bond motifs is 2. The number of allylic oxidation sites excluding steroid dienone is 1. The van der Waals surface area contributed by atoms with Gasteiger partial charge in [-0.25, -0.2) is 0 Å². The normalized spacial score (nSPS) is 37.8. The Balaban J connectivity index is 1.42. The second kappa shape index (κ2) is 9.51. The van der Waals surface area contributed by atoms with Gasteiger partial charge in [0.1, 0.15) is 0 Å². The van der Waals surface area contributed by atoms with Crippen molar-refractivity contribution >= 4 is 0 Å². The minimum atomic E-state index is -0.791. The summed E-state index contributed by atoms with van der Waals surface area (Å²) in [7, 11) is 0. The van der Waals surface area contributed by atoms with Crippen molar-refractivity contribution in [2.45, 2.75) is 110 Å². The van der Waals surface area contributed by atoms with Crippen LogP contribution < -0.4 is 0 Å². The van der Waals surface area contributed by atoms with Crippen LogP contribution in [0.2, 0.25) is 0 Å². The Labute approximate surface area is 215 Å². The summed E-state index contributed by atoms with van der Waals surface area (Å²) >= 11 is 0. The quantitative estimate of drug-likeness (QED) is 0.354. The molecule has 0 saturated heterocycles. The monoisotopic (exact) mass is 474 g/mol. The van der Waals surface area contributed by atoms with Crippen LogP contribution >= 0.6 is 0 Å². The summed E-state index contributed by atoms with van der Waals surface area (Å²) < 4.78 is 0. The summed E-state index contributed by atoms with van der Waals surface area (Å²) in [5.41, 5.74) is 3.70. The average molecular weight is 475 g/mol. The lowest BCUT2D eigenvalue weighted by molar-refractivity contribution is 0.0236. The molecule has 2 unspecified atom stereocenters. The molecule has 0 amide bonds. The van der Waals surface area contributed by atoms with Gasteiger partial charge >= 0.3 is 0 Å². The number of hydrogen-bond acceptors (Lipinski definition) is 1. The van der Waals surface area contributed by atoms with Crippen molar-refractivity contribution in [1.29, 1.82) is 0 Å². The molecule has 0 bridgehead atoms. The molecule has 35 heavy (non-hydrogen) atoms. The molecule has 192 valence electrons. The van der Waals surface area contributed by atoms with Gasteiger partial charge in [0.2, 0.25) is 0 Å². The molecule has 1 N–H and O–H groups in total. The molecule has 4 saturated carbocycles. The molecule has 0 spiro atoms. The van der Waals surface area contributed by atoms with Crippen LogP contribution in [0.5, 0.6) is 0 Å². The molecule has 0 radical (unpaired) electrons. The zero-order chi connectivity index (χ0) is 24.8. The van der Waals surface area contributed by atoms with Crippen molar-refractivity contribution in [3.63, 3.8) is 0 Å². The van der Waals surface area contributed by atoms with Gasteiger partial charge in [0.25, 0.3) is 0 Å². The van der Waals surface area contributed by atoms with Gasteiger partial charge in [-0.05, 0) is 91.9 Å². The Morgan fingerprint density at radius 3 is 2.51 bits per heavy atom. The first kappa shape index (κ1) is 25.3. The van der Waals surface area contributed by atoms with Crippen molar-refractivity contribution < 1.29 is 5.11 Å². The maximum Gasteiger partial charge on any atom is 0.0966 e. The molecule has 4 aliphatic rings. The smallest absolute Gasteiger partial charge is 0.0966 e. The van der Waals surface area contributed by atoms with Crippen LogP contribution in [0.25, 0.3) is 0 Å². The highest BCUT2D eigenvalue weighted by molar-refractivity contribution is 5.41. The van der Waals surface area contributed by atoms with Crippen molar-refractivity contribution in [1.82, 2.24) is 0 Å². The number of hydrogen-bond donors (Lipinski definition) is 1. The van der Waals surface area contributed by atoms with Crippen LogP contribution in [0.4, 0.5) is 0 Å². The van der Waals surface area contributed by atoms with E-state index in [0.717, 1.165) is 37.0 Å². The highest BCUT2D eigenvalue weighted by Crippen LogP contribution is 2.72. The summed E-state index contributed by atoms with van der Waals surface area (Å²) in [6.07, 6.45) is 17.3. The summed E-state index contributed by atoms with van der Waals surface area (Å²) in [5, 5.41) is 12.6. The Bertz CT molecular complexity index is 943. The molecule has 0 heterocycles. The molecule has 1 heteroatoms. The van der Waals surface area contributed by atoms with Crippen molar-refractivity contribution in [2.24, 2.45) is 40.4 Å². The fourth-order valence-corrected chi connectivity index (χ4v) is 9.31. The minimum Gasteiger partial charge on any atom is -0.385 e. The first-order chi connectivity index (χ1) is 16.7. The fourth-order valence-electron chi connectivity index (χ4n) is 9.31. The Morgan fingerprint density at radius 1 is 1.09 bits per heavy atom. The van der Waals surface area contributed by atoms with Crippen LogP contribution in [0.3, 0.4) is 0 Å². The maximum absolute atomic E-state index is 12.6. The van der Waals surface area contributed by atoms with Gasteiger partial charge in [0.05, 0.1) is 5.60 Å². The third-order valence-electron chi connectivity index (χ3n) is 11.2. The maximum atomic E-state index is 12.6. The highest BCUT2D eigenvalue weighted by atomic mass is 16.3. The average Bonchev–Trinajstić information content (AvgIpc) is 3.33. The third-order valence-corrected chi connectivity index (χ3v) is 11.2. The SMILES string of the molecule is C=C1CCC2CC12[C@](O)(/C=C1\CCC[C@]2(C)[C@@H]([C@H](C)CCCC(C)C)CC[C@@H]12)Cc1ccccc1. The lowest BCUT2D eigenvalue weighted by Gasteiger charge is -2.46. The molecule has 4 fully saturated rings. The van der Waals surface area contributed by atoms with E-state index < -0.39 is 5.60 Å². The summed E-state index contributed by atoms with van der Waals surface area (Å²) in [4.78, 5) is 0. The van der Waals surface area contributed by atoms with E-state index in [-0.39, 0.29) is 5.41 Å². The van der Waals surface area contributed by atoms with E-state index in [1.165, 1.54) is 68.9 Å². The Hall–Kier alpha value is -1.34. The van der Waals surface area contributed by atoms with Gasteiger partial charge < -0.3 is 5.11 Å². The predicted molar refractivity (Wildman–Crippen MR) is 148 cm³/mol. The molecule has 5 rings (SSSR count). The fraction of sp³-hybridized carbons (Fsp3) is 0.706. The van der Waals surface area contributed by atoms with E-state index in [4.69, 9.17) is 0 Å². The molecule has 0 aliphatic heterocycles. The number of rotatable bonds is 9. The molecule has 1 aromatic rings. The van der Waals surface area contributed by atoms with Crippen LogP contribution in [0.1, 0.15) is 104 Å². The van der Waals surface area contributed by atoms with Crippen LogP contribution in [0.15, 0.2) is 54.1 Å². The van der Waals surface area contributed by atoms with Gasteiger partial charge in [-0.15, -0.1) is 0 Å². The number of aliphatic hydroxyl groups is 1. The van der Waals surface area contributed by atoms with Crippen LogP contribution in [-0.4, -0.2) is 10.7 Å². The van der Waals surface area contributed by atoms with E-state index in [1.807, 2.05) is 0 Å². The molecule has 0 aromatic heterocycles.